The molecule has 1 atom stereocenters. The Morgan fingerprint density at radius 2 is 2.12 bits per heavy atom. The van der Waals surface area contributed by atoms with Crippen molar-refractivity contribution in [2.45, 2.75) is 27.2 Å². The van der Waals surface area contributed by atoms with Crippen molar-refractivity contribution < 1.29 is 4.79 Å². The van der Waals surface area contributed by atoms with Gasteiger partial charge in [0.1, 0.15) is 0 Å². The van der Waals surface area contributed by atoms with E-state index in [4.69, 9.17) is 5.73 Å². The predicted molar refractivity (Wildman–Crippen MR) is 70.8 cm³/mol. The van der Waals surface area contributed by atoms with E-state index < -0.39 is 0 Å². The van der Waals surface area contributed by atoms with E-state index in [1.807, 2.05) is 6.92 Å². The van der Waals surface area contributed by atoms with E-state index in [9.17, 15) is 4.79 Å². The van der Waals surface area contributed by atoms with Crippen molar-refractivity contribution >= 4 is 5.91 Å². The van der Waals surface area contributed by atoms with Gasteiger partial charge in [-0.1, -0.05) is 23.8 Å². The summed E-state index contributed by atoms with van der Waals surface area (Å²) in [4.78, 5) is 11.8. The predicted octanol–water partition coefficient (Wildman–Crippen LogP) is 1.56. The number of carbonyl (C=O) groups excluding carboxylic acids is 1. The highest BCUT2D eigenvalue weighted by Crippen LogP contribution is 2.15. The maximum Gasteiger partial charge on any atom is 0.224 e. The van der Waals surface area contributed by atoms with Crippen LogP contribution in [-0.2, 0) is 11.2 Å². The molecular weight excluding hydrogens is 212 g/mol. The average Bonchev–Trinajstić information content (AvgIpc) is 2.30. The molecule has 1 aromatic rings. The molecular formula is C14H22N2O. The van der Waals surface area contributed by atoms with E-state index in [1.165, 1.54) is 16.7 Å². The van der Waals surface area contributed by atoms with Crippen molar-refractivity contribution in [3.63, 3.8) is 0 Å². The van der Waals surface area contributed by atoms with Gasteiger partial charge in [0.25, 0.3) is 0 Å². The fourth-order valence-corrected chi connectivity index (χ4v) is 1.89. The Kier molecular flexibility index (Phi) is 5.16. The van der Waals surface area contributed by atoms with Gasteiger partial charge in [-0.05, 0) is 38.3 Å². The Balaban J connectivity index is 2.80. The summed E-state index contributed by atoms with van der Waals surface area (Å²) in [7, 11) is 0. The summed E-state index contributed by atoms with van der Waals surface area (Å²) in [6, 6.07) is 6.32. The maximum atomic E-state index is 11.8. The van der Waals surface area contributed by atoms with E-state index >= 15 is 0 Å². The lowest BCUT2D eigenvalue weighted by Gasteiger charge is -2.16. The number of nitrogens with one attached hydrogen (secondary N) is 1. The summed E-state index contributed by atoms with van der Waals surface area (Å²) < 4.78 is 0. The first-order valence-corrected chi connectivity index (χ1v) is 6.12. The van der Waals surface area contributed by atoms with E-state index in [0.29, 0.717) is 13.1 Å². The normalized spacial score (nSPS) is 12.2. The standard InChI is InChI=1S/C14H22N2O/c1-4-16-14(17)13(9-15)8-12-7-10(2)5-6-11(12)3/h5-7,13H,4,8-9,15H2,1-3H3,(H,16,17). The van der Waals surface area contributed by atoms with E-state index in [2.05, 4.69) is 37.4 Å². The van der Waals surface area contributed by atoms with Gasteiger partial charge in [-0.25, -0.2) is 0 Å². The zero-order chi connectivity index (χ0) is 12.8. The largest absolute Gasteiger partial charge is 0.356 e. The lowest BCUT2D eigenvalue weighted by Crippen LogP contribution is -2.36. The molecule has 1 amide bonds. The van der Waals surface area contributed by atoms with Crippen molar-refractivity contribution in [3.05, 3.63) is 34.9 Å². The molecule has 0 spiro atoms. The molecule has 0 aromatic heterocycles. The fourth-order valence-electron chi connectivity index (χ4n) is 1.89. The summed E-state index contributed by atoms with van der Waals surface area (Å²) in [5.74, 6) is -0.0774. The second kappa shape index (κ2) is 6.40. The highest BCUT2D eigenvalue weighted by Gasteiger charge is 2.17. The molecule has 0 radical (unpaired) electrons. The number of hydrogen-bond donors (Lipinski definition) is 2. The Morgan fingerprint density at radius 3 is 2.71 bits per heavy atom. The van der Waals surface area contributed by atoms with E-state index in [0.717, 1.165) is 6.42 Å². The SMILES string of the molecule is CCNC(=O)C(CN)Cc1cc(C)ccc1C. The van der Waals surface area contributed by atoms with Crippen LogP contribution >= 0.6 is 0 Å². The van der Waals surface area contributed by atoms with Gasteiger partial charge in [0, 0.05) is 13.1 Å². The van der Waals surface area contributed by atoms with Gasteiger partial charge in [0.15, 0.2) is 0 Å². The molecule has 0 saturated heterocycles. The first-order valence-electron chi connectivity index (χ1n) is 6.12. The molecule has 0 heterocycles. The Labute approximate surface area is 103 Å². The summed E-state index contributed by atoms with van der Waals surface area (Å²) in [6.07, 6.45) is 0.718. The third-order valence-corrected chi connectivity index (χ3v) is 2.98. The molecule has 3 nitrogen and oxygen atoms in total. The van der Waals surface area contributed by atoms with Gasteiger partial charge in [-0.2, -0.15) is 0 Å². The molecule has 0 aliphatic rings. The summed E-state index contributed by atoms with van der Waals surface area (Å²) in [5.41, 5.74) is 9.33. The number of amides is 1. The van der Waals surface area contributed by atoms with Crippen LogP contribution in [-0.4, -0.2) is 19.0 Å². The van der Waals surface area contributed by atoms with Crippen molar-refractivity contribution in [1.82, 2.24) is 5.32 Å². The minimum Gasteiger partial charge on any atom is -0.356 e. The molecule has 0 bridgehead atoms. The molecule has 3 N–H and O–H groups in total. The van der Waals surface area contributed by atoms with Crippen LogP contribution in [0, 0.1) is 19.8 Å². The molecule has 94 valence electrons. The van der Waals surface area contributed by atoms with Crippen LogP contribution in [0.3, 0.4) is 0 Å². The van der Waals surface area contributed by atoms with Gasteiger partial charge >= 0.3 is 0 Å². The third kappa shape index (κ3) is 3.86. The van der Waals surface area contributed by atoms with Crippen LogP contribution in [0.2, 0.25) is 0 Å². The first-order chi connectivity index (χ1) is 8.08. The number of rotatable bonds is 5. The lowest BCUT2D eigenvalue weighted by molar-refractivity contribution is -0.124. The van der Waals surface area contributed by atoms with Crippen LogP contribution in [0.25, 0.3) is 0 Å². The van der Waals surface area contributed by atoms with Crippen molar-refractivity contribution in [3.8, 4) is 0 Å². The summed E-state index contributed by atoms with van der Waals surface area (Å²) >= 11 is 0. The van der Waals surface area contributed by atoms with Crippen LogP contribution in [0.15, 0.2) is 18.2 Å². The molecule has 1 rings (SSSR count). The highest BCUT2D eigenvalue weighted by molar-refractivity contribution is 5.79. The van der Waals surface area contributed by atoms with Crippen molar-refractivity contribution in [2.75, 3.05) is 13.1 Å². The average molecular weight is 234 g/mol. The topological polar surface area (TPSA) is 55.1 Å². The molecule has 0 saturated carbocycles. The Morgan fingerprint density at radius 1 is 1.41 bits per heavy atom. The summed E-state index contributed by atoms with van der Waals surface area (Å²) in [6.45, 7) is 7.09. The zero-order valence-electron chi connectivity index (χ0n) is 10.9. The minimum atomic E-state index is -0.129. The van der Waals surface area contributed by atoms with Crippen LogP contribution in [0.1, 0.15) is 23.6 Å². The van der Waals surface area contributed by atoms with Crippen molar-refractivity contribution in [2.24, 2.45) is 11.7 Å². The number of aryl methyl sites for hydroxylation is 2. The second-order valence-corrected chi connectivity index (χ2v) is 4.46. The molecule has 1 unspecified atom stereocenters. The molecule has 0 aliphatic carbocycles. The Bertz CT molecular complexity index is 388. The Hall–Kier alpha value is -1.35. The molecule has 3 heteroatoms. The number of nitrogens with two attached hydrogens (primary N) is 1. The van der Waals surface area contributed by atoms with Gasteiger partial charge < -0.3 is 11.1 Å². The van der Waals surface area contributed by atoms with E-state index in [1.54, 1.807) is 0 Å². The monoisotopic (exact) mass is 234 g/mol. The van der Waals surface area contributed by atoms with E-state index in [-0.39, 0.29) is 11.8 Å². The quantitative estimate of drug-likeness (QED) is 0.812. The van der Waals surface area contributed by atoms with Gasteiger partial charge in [0.2, 0.25) is 5.91 Å². The molecule has 17 heavy (non-hydrogen) atoms. The number of benzene rings is 1. The molecule has 1 aromatic carbocycles. The van der Waals surface area contributed by atoms with Gasteiger partial charge in [-0.3, -0.25) is 4.79 Å². The van der Waals surface area contributed by atoms with Crippen LogP contribution in [0.5, 0.6) is 0 Å². The smallest absolute Gasteiger partial charge is 0.224 e. The number of carbonyl (C=O) groups is 1. The lowest BCUT2D eigenvalue weighted by atomic mass is 9.94. The van der Waals surface area contributed by atoms with Gasteiger partial charge in [-0.15, -0.1) is 0 Å². The first kappa shape index (κ1) is 13.7. The third-order valence-electron chi connectivity index (χ3n) is 2.98. The second-order valence-electron chi connectivity index (χ2n) is 4.46. The van der Waals surface area contributed by atoms with Gasteiger partial charge in [0.05, 0.1) is 5.92 Å². The molecule has 0 fully saturated rings. The maximum absolute atomic E-state index is 11.8. The number of hydrogen-bond acceptors (Lipinski definition) is 2. The fraction of sp³-hybridized carbons (Fsp3) is 0.500. The molecule has 0 aliphatic heterocycles. The zero-order valence-corrected chi connectivity index (χ0v) is 10.9. The highest BCUT2D eigenvalue weighted by atomic mass is 16.1. The van der Waals surface area contributed by atoms with Crippen molar-refractivity contribution in [1.29, 1.82) is 0 Å². The summed E-state index contributed by atoms with van der Waals surface area (Å²) in [5, 5.41) is 2.83. The van der Waals surface area contributed by atoms with Crippen LogP contribution in [0.4, 0.5) is 0 Å². The minimum absolute atomic E-state index is 0.0518. The van der Waals surface area contributed by atoms with Crippen LogP contribution < -0.4 is 11.1 Å².